The molecule has 4 aliphatic rings. The number of amides is 2. The average Bonchev–Trinajstić information content (AvgIpc) is 3.68. The Kier molecular flexibility index (Phi) is 6.74. The zero-order chi connectivity index (χ0) is 30.7. The SMILES string of the molecule is O=C(O)c1ccc(CN2CCC(CN3CC(=O)N4C(Cc5c([nH]c6ccccc56)C4c4ccc5c(c4)OCO5)C3=O)CC2)cc1. The van der Waals surface area contributed by atoms with Gasteiger partial charge < -0.3 is 29.4 Å². The van der Waals surface area contributed by atoms with E-state index in [0.717, 1.165) is 65.8 Å². The van der Waals surface area contributed by atoms with Crippen molar-refractivity contribution < 1.29 is 29.0 Å². The number of ether oxygens (including phenoxy) is 2. The van der Waals surface area contributed by atoms with Gasteiger partial charge in [0.05, 0.1) is 18.2 Å². The molecule has 5 heterocycles. The molecule has 4 aliphatic heterocycles. The molecule has 2 atom stereocenters. The number of carbonyl (C=O) groups excluding carboxylic acids is 2. The van der Waals surface area contributed by atoms with Crippen LogP contribution in [-0.2, 0) is 22.6 Å². The summed E-state index contributed by atoms with van der Waals surface area (Å²) in [5, 5.41) is 10.2. The topological polar surface area (TPSA) is 115 Å². The van der Waals surface area contributed by atoms with Crippen molar-refractivity contribution in [1.82, 2.24) is 19.7 Å². The van der Waals surface area contributed by atoms with E-state index in [4.69, 9.17) is 14.6 Å². The van der Waals surface area contributed by atoms with Gasteiger partial charge in [0, 0.05) is 36.1 Å². The molecular weight excluding hydrogens is 572 g/mol. The van der Waals surface area contributed by atoms with Crippen LogP contribution in [0.4, 0.5) is 0 Å². The minimum atomic E-state index is -0.921. The van der Waals surface area contributed by atoms with Gasteiger partial charge in [-0.15, -0.1) is 0 Å². The molecule has 8 rings (SSSR count). The van der Waals surface area contributed by atoms with Gasteiger partial charge in [-0.1, -0.05) is 36.4 Å². The molecule has 230 valence electrons. The number of carboxylic acid groups (broad SMARTS) is 1. The zero-order valence-corrected chi connectivity index (χ0v) is 24.8. The number of carboxylic acids is 1. The number of benzene rings is 3. The Hall–Kier alpha value is -4.83. The van der Waals surface area contributed by atoms with Crippen molar-refractivity contribution in [2.75, 3.05) is 33.0 Å². The molecule has 0 spiro atoms. The van der Waals surface area contributed by atoms with Gasteiger partial charge in [-0.25, -0.2) is 4.79 Å². The number of piperidine rings is 1. The lowest BCUT2D eigenvalue weighted by molar-refractivity contribution is -0.159. The third kappa shape index (κ3) is 4.89. The lowest BCUT2D eigenvalue weighted by atomic mass is 9.85. The molecule has 2 fully saturated rings. The van der Waals surface area contributed by atoms with Gasteiger partial charge >= 0.3 is 5.97 Å². The first-order valence-corrected chi connectivity index (χ1v) is 15.6. The second-order valence-corrected chi connectivity index (χ2v) is 12.5. The fourth-order valence-electron chi connectivity index (χ4n) is 7.56. The first-order valence-electron chi connectivity index (χ1n) is 15.6. The zero-order valence-electron chi connectivity index (χ0n) is 24.8. The lowest BCUT2D eigenvalue weighted by Gasteiger charge is -2.48. The largest absolute Gasteiger partial charge is 0.478 e. The summed E-state index contributed by atoms with van der Waals surface area (Å²) in [4.78, 5) is 48.9. The van der Waals surface area contributed by atoms with Crippen molar-refractivity contribution in [2.24, 2.45) is 5.92 Å². The van der Waals surface area contributed by atoms with Gasteiger partial charge in [0.2, 0.25) is 18.6 Å². The number of likely N-dealkylation sites (tertiary alicyclic amines) is 1. The van der Waals surface area contributed by atoms with E-state index in [2.05, 4.69) is 16.0 Å². The normalized spacial score (nSPS) is 21.7. The number of aromatic nitrogens is 1. The number of carbonyl (C=O) groups is 3. The van der Waals surface area contributed by atoms with Gasteiger partial charge in [0.25, 0.3) is 0 Å². The van der Waals surface area contributed by atoms with Gasteiger partial charge in [0.1, 0.15) is 6.04 Å². The number of hydrogen-bond donors (Lipinski definition) is 2. The van der Waals surface area contributed by atoms with Gasteiger partial charge in [-0.2, -0.15) is 0 Å². The van der Waals surface area contributed by atoms with E-state index < -0.39 is 18.1 Å². The predicted molar refractivity (Wildman–Crippen MR) is 165 cm³/mol. The Morgan fingerprint density at radius 2 is 1.73 bits per heavy atom. The van der Waals surface area contributed by atoms with Crippen LogP contribution in [0.1, 0.15) is 51.6 Å². The number of nitrogens with one attached hydrogen (secondary N) is 1. The van der Waals surface area contributed by atoms with Crippen molar-refractivity contribution >= 4 is 28.7 Å². The van der Waals surface area contributed by atoms with Crippen LogP contribution in [0.2, 0.25) is 0 Å². The summed E-state index contributed by atoms with van der Waals surface area (Å²) in [6.45, 7) is 3.36. The maximum atomic E-state index is 14.2. The summed E-state index contributed by atoms with van der Waals surface area (Å²) in [5.74, 6) is 0.683. The van der Waals surface area contributed by atoms with Gasteiger partial charge in [-0.3, -0.25) is 14.5 Å². The average molecular weight is 607 g/mol. The van der Waals surface area contributed by atoms with E-state index >= 15 is 0 Å². The summed E-state index contributed by atoms with van der Waals surface area (Å²) in [6.07, 6.45) is 2.35. The molecule has 2 amide bonds. The van der Waals surface area contributed by atoms with Crippen LogP contribution in [0.15, 0.2) is 66.7 Å². The summed E-state index contributed by atoms with van der Waals surface area (Å²) in [5.41, 5.74) is 5.29. The van der Waals surface area contributed by atoms with Crippen LogP contribution in [-0.4, -0.2) is 81.6 Å². The van der Waals surface area contributed by atoms with E-state index in [1.54, 1.807) is 21.9 Å². The number of fused-ring (bicyclic) bond motifs is 5. The van der Waals surface area contributed by atoms with Crippen molar-refractivity contribution in [3.63, 3.8) is 0 Å². The van der Waals surface area contributed by atoms with E-state index in [9.17, 15) is 14.4 Å². The molecule has 4 aromatic rings. The van der Waals surface area contributed by atoms with Crippen molar-refractivity contribution in [3.05, 3.63) is 94.7 Å². The monoisotopic (exact) mass is 606 g/mol. The highest BCUT2D eigenvalue weighted by atomic mass is 16.7. The molecule has 0 saturated carbocycles. The predicted octanol–water partition coefficient (Wildman–Crippen LogP) is 4.19. The highest BCUT2D eigenvalue weighted by Gasteiger charge is 2.48. The summed E-state index contributed by atoms with van der Waals surface area (Å²) < 4.78 is 11.2. The minimum Gasteiger partial charge on any atom is -0.478 e. The molecule has 10 nitrogen and oxygen atoms in total. The number of aromatic carboxylic acids is 1. The summed E-state index contributed by atoms with van der Waals surface area (Å²) in [7, 11) is 0. The molecule has 2 unspecified atom stereocenters. The molecule has 0 aliphatic carbocycles. The highest BCUT2D eigenvalue weighted by Crippen LogP contribution is 2.45. The third-order valence-electron chi connectivity index (χ3n) is 9.85. The quantitative estimate of drug-likeness (QED) is 0.338. The molecule has 1 aromatic heterocycles. The van der Waals surface area contributed by atoms with E-state index in [0.29, 0.717) is 30.4 Å². The number of para-hydroxylation sites is 1. The number of aromatic amines is 1. The Morgan fingerprint density at radius 1 is 0.956 bits per heavy atom. The van der Waals surface area contributed by atoms with E-state index in [1.165, 1.54) is 0 Å². The Morgan fingerprint density at radius 3 is 2.53 bits per heavy atom. The van der Waals surface area contributed by atoms with Crippen LogP contribution in [0.5, 0.6) is 11.5 Å². The van der Waals surface area contributed by atoms with Crippen LogP contribution >= 0.6 is 0 Å². The first kappa shape index (κ1) is 27.7. The van der Waals surface area contributed by atoms with Gasteiger partial charge in [0.15, 0.2) is 11.5 Å². The van der Waals surface area contributed by atoms with Crippen molar-refractivity contribution in [2.45, 2.75) is 37.9 Å². The standard InChI is InChI=1S/C35H34N4O6/c40-31-19-38(18-22-11-13-37(14-12-22)17-21-5-7-23(8-6-21)35(42)43)34(41)28-16-26-25-3-1-2-4-27(25)36-32(26)33(39(28)31)24-9-10-29-30(15-24)45-20-44-29/h1-10,15,22,28,33,36H,11-14,16-20H2,(H,42,43). The van der Waals surface area contributed by atoms with Crippen LogP contribution in [0.3, 0.4) is 0 Å². The smallest absolute Gasteiger partial charge is 0.335 e. The number of hydrogen-bond acceptors (Lipinski definition) is 6. The summed E-state index contributed by atoms with van der Waals surface area (Å²) >= 11 is 0. The molecule has 0 radical (unpaired) electrons. The Bertz CT molecular complexity index is 1810. The number of piperazine rings is 1. The van der Waals surface area contributed by atoms with E-state index in [1.807, 2.05) is 48.5 Å². The maximum absolute atomic E-state index is 14.2. The fraction of sp³-hybridized carbons (Fsp3) is 0.343. The minimum absolute atomic E-state index is 0.0113. The van der Waals surface area contributed by atoms with Crippen molar-refractivity contribution in [3.8, 4) is 11.5 Å². The fourth-order valence-corrected chi connectivity index (χ4v) is 7.56. The molecule has 2 saturated heterocycles. The number of rotatable bonds is 6. The number of H-pyrrole nitrogens is 1. The Balaban J connectivity index is 1.01. The van der Waals surface area contributed by atoms with E-state index in [-0.39, 0.29) is 30.7 Å². The molecule has 0 bridgehead atoms. The van der Waals surface area contributed by atoms with Crippen LogP contribution < -0.4 is 9.47 Å². The first-order chi connectivity index (χ1) is 21.9. The molecule has 2 N–H and O–H groups in total. The maximum Gasteiger partial charge on any atom is 0.335 e. The van der Waals surface area contributed by atoms with Crippen LogP contribution in [0, 0.1) is 5.92 Å². The molecular formula is C35H34N4O6. The molecule has 3 aromatic carbocycles. The molecule has 45 heavy (non-hydrogen) atoms. The van der Waals surface area contributed by atoms with Crippen LogP contribution in [0.25, 0.3) is 10.9 Å². The van der Waals surface area contributed by atoms with Crippen molar-refractivity contribution in [1.29, 1.82) is 0 Å². The second-order valence-electron chi connectivity index (χ2n) is 12.5. The highest BCUT2D eigenvalue weighted by molar-refractivity contribution is 5.97. The Labute approximate surface area is 260 Å². The summed E-state index contributed by atoms with van der Waals surface area (Å²) in [6, 6.07) is 19.9. The third-order valence-corrected chi connectivity index (χ3v) is 9.85. The second kappa shape index (κ2) is 11.0. The molecule has 10 heteroatoms. The number of nitrogens with zero attached hydrogens (tertiary/aromatic N) is 3. The lowest BCUT2D eigenvalue weighted by Crippen LogP contribution is -2.63. The van der Waals surface area contributed by atoms with Gasteiger partial charge in [-0.05, 0) is 78.9 Å².